The van der Waals surface area contributed by atoms with Crippen molar-refractivity contribution in [1.82, 2.24) is 15.3 Å². The summed E-state index contributed by atoms with van der Waals surface area (Å²) in [5.74, 6) is -3.02. The maximum absolute atomic E-state index is 13.2. The molecular formula is C24H17Cl2N5O6. The first-order valence-corrected chi connectivity index (χ1v) is 11.4. The number of non-ortho nitro benzene ring substituents is 1. The summed E-state index contributed by atoms with van der Waals surface area (Å²) < 4.78 is 0. The highest BCUT2D eigenvalue weighted by molar-refractivity contribution is 6.42. The first-order valence-electron chi connectivity index (χ1n) is 10.6. The van der Waals surface area contributed by atoms with Gasteiger partial charge in [0.05, 0.1) is 31.4 Å². The second-order valence-electron chi connectivity index (χ2n) is 7.83. The lowest BCUT2D eigenvalue weighted by molar-refractivity contribution is -0.384. The van der Waals surface area contributed by atoms with Gasteiger partial charge in [0.2, 0.25) is 11.8 Å². The topological polar surface area (TPSA) is 168 Å². The lowest BCUT2D eigenvalue weighted by Crippen LogP contribution is -2.42. The highest BCUT2D eigenvalue weighted by Crippen LogP contribution is 2.32. The average Bonchev–Trinajstić information content (AvgIpc) is 2.86. The van der Waals surface area contributed by atoms with Crippen molar-refractivity contribution in [2.24, 2.45) is 0 Å². The van der Waals surface area contributed by atoms with Crippen LogP contribution in [0.15, 0.2) is 60.7 Å². The normalized spacial score (nSPS) is 11.6. The van der Waals surface area contributed by atoms with Gasteiger partial charge in [0.25, 0.3) is 11.6 Å². The van der Waals surface area contributed by atoms with E-state index in [1.165, 1.54) is 12.1 Å². The van der Waals surface area contributed by atoms with Gasteiger partial charge in [-0.3, -0.25) is 14.9 Å². The number of halogens is 2. The van der Waals surface area contributed by atoms with Crippen LogP contribution in [0.4, 0.5) is 17.3 Å². The third kappa shape index (κ3) is 5.85. The Morgan fingerprint density at radius 3 is 2.41 bits per heavy atom. The molecule has 0 aliphatic heterocycles. The van der Waals surface area contributed by atoms with Gasteiger partial charge in [0, 0.05) is 24.2 Å². The molecule has 1 aromatic heterocycles. The Bertz CT molecular complexity index is 1530. The predicted octanol–water partition coefficient (Wildman–Crippen LogP) is 4.72. The number of hydrogen-bond acceptors (Lipinski definition) is 8. The summed E-state index contributed by atoms with van der Waals surface area (Å²) in [4.78, 5) is 44.0. The molecule has 0 bridgehead atoms. The molecule has 1 heterocycles. The van der Waals surface area contributed by atoms with E-state index in [0.29, 0.717) is 16.3 Å². The number of nitro benzene ring substituents is 1. The van der Waals surface area contributed by atoms with Gasteiger partial charge in [-0.15, -0.1) is 0 Å². The van der Waals surface area contributed by atoms with Crippen LogP contribution >= 0.6 is 23.2 Å². The molecule has 3 aromatic carbocycles. The Kier molecular flexibility index (Phi) is 7.37. The predicted molar refractivity (Wildman–Crippen MR) is 137 cm³/mol. The van der Waals surface area contributed by atoms with E-state index < -0.39 is 34.4 Å². The monoisotopic (exact) mass is 541 g/mol. The second-order valence-corrected chi connectivity index (χ2v) is 8.64. The van der Waals surface area contributed by atoms with Gasteiger partial charge in [-0.05, 0) is 23.8 Å². The van der Waals surface area contributed by atoms with Gasteiger partial charge in [0.1, 0.15) is 6.04 Å². The molecule has 0 unspecified atom stereocenters. The molecule has 0 spiro atoms. The van der Waals surface area contributed by atoms with Crippen LogP contribution in [0.3, 0.4) is 0 Å². The molecule has 0 saturated heterocycles. The van der Waals surface area contributed by atoms with Crippen LogP contribution in [-0.4, -0.2) is 43.0 Å². The zero-order chi connectivity index (χ0) is 26.7. The Morgan fingerprint density at radius 1 is 1.03 bits per heavy atom. The van der Waals surface area contributed by atoms with E-state index in [2.05, 4.69) is 20.6 Å². The zero-order valence-electron chi connectivity index (χ0n) is 18.7. The van der Waals surface area contributed by atoms with E-state index in [1.54, 1.807) is 36.4 Å². The van der Waals surface area contributed by atoms with Crippen LogP contribution in [0.5, 0.6) is 5.88 Å². The SMILES string of the molecule is O=C(N[C@@H](Cc1ccccc1)C(=O)O)c1cc([N+](=O)[O-])cc2c(O)nc(Nc3ccc(Cl)c(Cl)c3)nc12. The molecule has 11 nitrogen and oxygen atoms in total. The number of benzene rings is 3. The van der Waals surface area contributed by atoms with E-state index >= 15 is 0 Å². The Labute approximate surface area is 218 Å². The molecule has 4 N–H and O–H groups in total. The number of aromatic nitrogens is 2. The number of carboxylic acids is 1. The number of nitrogens with one attached hydrogen (secondary N) is 2. The number of nitro groups is 1. The lowest BCUT2D eigenvalue weighted by Gasteiger charge is -2.16. The fraction of sp³-hybridized carbons (Fsp3) is 0.0833. The number of nitrogens with zero attached hydrogens (tertiary/aromatic N) is 3. The van der Waals surface area contributed by atoms with Crippen molar-refractivity contribution >= 4 is 63.3 Å². The Morgan fingerprint density at radius 2 is 1.76 bits per heavy atom. The van der Waals surface area contributed by atoms with Crippen molar-refractivity contribution in [2.75, 3.05) is 5.32 Å². The largest absolute Gasteiger partial charge is 0.493 e. The molecule has 0 saturated carbocycles. The fourth-order valence-electron chi connectivity index (χ4n) is 3.52. The summed E-state index contributed by atoms with van der Waals surface area (Å²) >= 11 is 12.0. The van der Waals surface area contributed by atoms with E-state index in [9.17, 15) is 29.9 Å². The minimum absolute atomic E-state index is 0.0286. The molecule has 13 heteroatoms. The minimum atomic E-state index is -1.34. The Hall–Kier alpha value is -4.48. The first kappa shape index (κ1) is 25.6. The molecule has 0 fully saturated rings. The number of aliphatic carboxylic acids is 1. The van der Waals surface area contributed by atoms with Crippen molar-refractivity contribution < 1.29 is 24.7 Å². The third-order valence-electron chi connectivity index (χ3n) is 5.28. The second kappa shape index (κ2) is 10.6. The van der Waals surface area contributed by atoms with Crippen LogP contribution in [0.2, 0.25) is 10.0 Å². The fourth-order valence-corrected chi connectivity index (χ4v) is 3.82. The van der Waals surface area contributed by atoms with Crippen molar-refractivity contribution in [3.63, 3.8) is 0 Å². The van der Waals surface area contributed by atoms with Crippen LogP contribution in [0, 0.1) is 10.1 Å². The molecule has 1 atom stereocenters. The van der Waals surface area contributed by atoms with E-state index in [4.69, 9.17) is 23.2 Å². The molecule has 1 amide bonds. The van der Waals surface area contributed by atoms with Gasteiger partial charge in [-0.2, -0.15) is 4.98 Å². The molecule has 0 aliphatic rings. The zero-order valence-corrected chi connectivity index (χ0v) is 20.2. The van der Waals surface area contributed by atoms with E-state index in [1.807, 2.05) is 0 Å². The molecule has 0 radical (unpaired) electrons. The van der Waals surface area contributed by atoms with Crippen molar-refractivity contribution in [2.45, 2.75) is 12.5 Å². The van der Waals surface area contributed by atoms with Crippen molar-refractivity contribution in [3.05, 3.63) is 92.0 Å². The lowest BCUT2D eigenvalue weighted by atomic mass is 10.0. The number of hydrogen-bond donors (Lipinski definition) is 4. The van der Waals surface area contributed by atoms with Crippen molar-refractivity contribution in [1.29, 1.82) is 0 Å². The minimum Gasteiger partial charge on any atom is -0.493 e. The summed E-state index contributed by atoms with van der Waals surface area (Å²) in [6, 6.07) is 13.8. The van der Waals surface area contributed by atoms with Crippen molar-refractivity contribution in [3.8, 4) is 5.88 Å². The van der Waals surface area contributed by atoms with Gasteiger partial charge in [-0.25, -0.2) is 9.78 Å². The quantitative estimate of drug-likeness (QED) is 0.182. The third-order valence-corrected chi connectivity index (χ3v) is 6.02. The number of fused-ring (bicyclic) bond motifs is 1. The number of anilines is 2. The number of aromatic hydroxyl groups is 1. The van der Waals surface area contributed by atoms with Crippen LogP contribution < -0.4 is 10.6 Å². The molecular weight excluding hydrogens is 525 g/mol. The highest BCUT2D eigenvalue weighted by atomic mass is 35.5. The summed E-state index contributed by atoms with van der Waals surface area (Å²) in [7, 11) is 0. The molecule has 188 valence electrons. The summed E-state index contributed by atoms with van der Waals surface area (Å²) in [5, 5.41) is 37.3. The smallest absolute Gasteiger partial charge is 0.326 e. The van der Waals surface area contributed by atoms with E-state index in [-0.39, 0.29) is 33.9 Å². The van der Waals surface area contributed by atoms with Crippen LogP contribution in [-0.2, 0) is 11.2 Å². The summed E-state index contributed by atoms with van der Waals surface area (Å²) in [6.45, 7) is 0. The molecule has 37 heavy (non-hydrogen) atoms. The van der Waals surface area contributed by atoms with Gasteiger partial charge in [0.15, 0.2) is 0 Å². The molecule has 4 rings (SSSR count). The molecule has 4 aromatic rings. The summed E-state index contributed by atoms with van der Waals surface area (Å²) in [5.41, 5.74) is 0.0964. The first-order chi connectivity index (χ1) is 17.6. The maximum atomic E-state index is 13.2. The number of rotatable bonds is 8. The average molecular weight is 542 g/mol. The van der Waals surface area contributed by atoms with Gasteiger partial charge < -0.3 is 20.8 Å². The maximum Gasteiger partial charge on any atom is 0.326 e. The van der Waals surface area contributed by atoms with Crippen LogP contribution in [0.25, 0.3) is 10.9 Å². The summed E-state index contributed by atoms with van der Waals surface area (Å²) in [6.07, 6.45) is -0.0286. The standard InChI is InChI=1S/C24H17Cl2N5O6/c25-17-7-6-13(9-18(17)26)27-24-29-20-15(10-14(31(36)37)11-16(20)22(33)30-24)21(32)28-19(23(34)35)8-12-4-2-1-3-5-12/h1-7,9-11,19H,8H2,(H,28,32)(H,34,35)(H2,27,29,30,33)/t19-/m0/s1. The number of carbonyl (C=O) groups is 2. The van der Waals surface area contributed by atoms with E-state index in [0.717, 1.165) is 12.1 Å². The van der Waals surface area contributed by atoms with Gasteiger partial charge >= 0.3 is 5.97 Å². The number of carboxylic acid groups (broad SMARTS) is 1. The number of amides is 1. The molecule has 0 aliphatic carbocycles. The highest BCUT2D eigenvalue weighted by Gasteiger charge is 2.26. The number of carbonyl (C=O) groups excluding carboxylic acids is 1. The Balaban J connectivity index is 1.75. The van der Waals surface area contributed by atoms with Crippen LogP contribution in [0.1, 0.15) is 15.9 Å². The van der Waals surface area contributed by atoms with Gasteiger partial charge in [-0.1, -0.05) is 53.5 Å².